The van der Waals surface area contributed by atoms with E-state index in [-0.39, 0.29) is 24.0 Å². The van der Waals surface area contributed by atoms with Gasteiger partial charge in [-0.2, -0.15) is 0 Å². The first-order valence-corrected chi connectivity index (χ1v) is 10.2. The van der Waals surface area contributed by atoms with Gasteiger partial charge in [-0.05, 0) is 24.1 Å². The maximum atomic E-state index is 6.00. The molecular formula is C20H30ClIN6O. The van der Waals surface area contributed by atoms with Gasteiger partial charge in [-0.25, -0.2) is 0 Å². The van der Waals surface area contributed by atoms with Crippen molar-refractivity contribution in [3.63, 3.8) is 0 Å². The molecule has 160 valence electrons. The number of benzene rings is 1. The van der Waals surface area contributed by atoms with Crippen molar-refractivity contribution in [2.24, 2.45) is 10.9 Å². The highest BCUT2D eigenvalue weighted by Gasteiger charge is 2.16. The molecule has 3 rings (SSSR count). The van der Waals surface area contributed by atoms with E-state index in [1.807, 2.05) is 24.3 Å². The molecule has 1 aliphatic heterocycles. The molecule has 9 heteroatoms. The summed E-state index contributed by atoms with van der Waals surface area (Å²) in [6.45, 7) is 6.84. The molecule has 1 unspecified atom stereocenters. The van der Waals surface area contributed by atoms with E-state index in [2.05, 4.69) is 39.0 Å². The minimum atomic E-state index is 0. The second-order valence-corrected chi connectivity index (χ2v) is 7.53. The molecule has 1 aromatic heterocycles. The highest BCUT2D eigenvalue weighted by atomic mass is 127. The molecule has 2 heterocycles. The molecule has 0 saturated carbocycles. The lowest BCUT2D eigenvalue weighted by molar-refractivity contribution is 0.187. The Balaban J connectivity index is 0.00000300. The number of guanidine groups is 1. The molecule has 0 bridgehead atoms. The van der Waals surface area contributed by atoms with Crippen molar-refractivity contribution in [3.05, 3.63) is 47.0 Å². The SMILES string of the molecule is CCc1nncn1CCNC(=NCC1CCOC1)N(C)Cc1ccc(Cl)cc1.I. The molecule has 0 radical (unpaired) electrons. The van der Waals surface area contributed by atoms with E-state index >= 15 is 0 Å². The van der Waals surface area contributed by atoms with Crippen LogP contribution in [0, 0.1) is 5.92 Å². The standard InChI is InChI=1S/C20H29ClN6O.HI/c1-3-19-25-24-15-27(19)10-9-22-20(23-12-17-8-11-28-14-17)26(2)13-16-4-6-18(21)7-5-16;/h4-7,15,17H,3,8-14H2,1-2H3,(H,22,23);1H. The maximum absolute atomic E-state index is 6.00. The number of nitrogens with one attached hydrogen (secondary N) is 1. The average Bonchev–Trinajstić information content (AvgIpc) is 3.37. The Hall–Kier alpha value is -1.39. The Morgan fingerprint density at radius 3 is 2.86 bits per heavy atom. The Morgan fingerprint density at radius 2 is 2.17 bits per heavy atom. The first-order valence-electron chi connectivity index (χ1n) is 9.84. The summed E-state index contributed by atoms with van der Waals surface area (Å²) in [6.07, 6.45) is 3.74. The highest BCUT2D eigenvalue weighted by Crippen LogP contribution is 2.13. The number of ether oxygens (including phenoxy) is 1. The zero-order valence-electron chi connectivity index (χ0n) is 17.1. The Labute approximate surface area is 194 Å². The zero-order valence-corrected chi connectivity index (χ0v) is 20.1. The maximum Gasteiger partial charge on any atom is 0.194 e. The summed E-state index contributed by atoms with van der Waals surface area (Å²) in [5.41, 5.74) is 1.19. The van der Waals surface area contributed by atoms with Crippen LogP contribution in [-0.2, 0) is 24.2 Å². The van der Waals surface area contributed by atoms with Gasteiger partial charge >= 0.3 is 0 Å². The number of rotatable bonds is 8. The first-order chi connectivity index (χ1) is 13.7. The predicted octanol–water partition coefficient (Wildman–Crippen LogP) is 3.23. The highest BCUT2D eigenvalue weighted by molar-refractivity contribution is 14.0. The summed E-state index contributed by atoms with van der Waals surface area (Å²) < 4.78 is 7.56. The zero-order chi connectivity index (χ0) is 19.8. The molecule has 0 amide bonds. The van der Waals surface area contributed by atoms with Gasteiger partial charge in [0, 0.05) is 57.2 Å². The topological polar surface area (TPSA) is 67.6 Å². The van der Waals surface area contributed by atoms with Crippen LogP contribution in [0.5, 0.6) is 0 Å². The molecule has 29 heavy (non-hydrogen) atoms. The number of hydrogen-bond donors (Lipinski definition) is 1. The monoisotopic (exact) mass is 532 g/mol. The first kappa shape index (κ1) is 23.9. The number of nitrogens with zero attached hydrogens (tertiary/aromatic N) is 5. The van der Waals surface area contributed by atoms with Crippen LogP contribution in [0.2, 0.25) is 5.02 Å². The molecule has 2 aromatic rings. The van der Waals surface area contributed by atoms with E-state index in [4.69, 9.17) is 21.3 Å². The summed E-state index contributed by atoms with van der Waals surface area (Å²) in [5, 5.41) is 12.4. The molecule has 1 aliphatic rings. The van der Waals surface area contributed by atoms with Crippen molar-refractivity contribution in [2.75, 3.05) is 33.4 Å². The molecule has 1 fully saturated rings. The van der Waals surface area contributed by atoms with Crippen molar-refractivity contribution < 1.29 is 4.74 Å². The lowest BCUT2D eigenvalue weighted by Gasteiger charge is -2.23. The van der Waals surface area contributed by atoms with Crippen LogP contribution in [-0.4, -0.2) is 59.0 Å². The summed E-state index contributed by atoms with van der Waals surface area (Å²) >= 11 is 6.00. The van der Waals surface area contributed by atoms with Gasteiger partial charge in [0.25, 0.3) is 0 Å². The molecular weight excluding hydrogens is 503 g/mol. The molecule has 1 saturated heterocycles. The second-order valence-electron chi connectivity index (χ2n) is 7.10. The minimum Gasteiger partial charge on any atom is -0.381 e. The minimum absolute atomic E-state index is 0. The van der Waals surface area contributed by atoms with Crippen LogP contribution in [0.15, 0.2) is 35.6 Å². The van der Waals surface area contributed by atoms with Crippen molar-refractivity contribution in [1.29, 1.82) is 0 Å². The van der Waals surface area contributed by atoms with Gasteiger partial charge in [-0.1, -0.05) is 30.7 Å². The molecule has 1 N–H and O–H groups in total. The van der Waals surface area contributed by atoms with Crippen LogP contribution in [0.25, 0.3) is 0 Å². The Morgan fingerprint density at radius 1 is 1.38 bits per heavy atom. The van der Waals surface area contributed by atoms with Gasteiger partial charge in [0.2, 0.25) is 0 Å². The average molecular weight is 533 g/mol. The number of aryl methyl sites for hydroxylation is 1. The van der Waals surface area contributed by atoms with Crippen molar-refractivity contribution in [3.8, 4) is 0 Å². The number of hydrogen-bond acceptors (Lipinski definition) is 4. The normalized spacial score (nSPS) is 16.5. The number of halogens is 2. The van der Waals surface area contributed by atoms with E-state index in [9.17, 15) is 0 Å². The lowest BCUT2D eigenvalue weighted by atomic mass is 10.1. The molecule has 0 spiro atoms. The second kappa shape index (κ2) is 12.3. The Kier molecular flexibility index (Phi) is 10.2. The van der Waals surface area contributed by atoms with E-state index in [1.165, 1.54) is 5.56 Å². The summed E-state index contributed by atoms with van der Waals surface area (Å²) in [5.74, 6) is 2.40. The molecule has 1 aromatic carbocycles. The van der Waals surface area contributed by atoms with Crippen molar-refractivity contribution in [1.82, 2.24) is 25.0 Å². The van der Waals surface area contributed by atoms with Crippen molar-refractivity contribution in [2.45, 2.75) is 32.9 Å². The molecule has 7 nitrogen and oxygen atoms in total. The summed E-state index contributed by atoms with van der Waals surface area (Å²) in [6, 6.07) is 7.93. The van der Waals surface area contributed by atoms with Crippen LogP contribution in [0.3, 0.4) is 0 Å². The quantitative estimate of drug-likeness (QED) is 0.321. The van der Waals surface area contributed by atoms with Crippen LogP contribution >= 0.6 is 35.6 Å². The molecule has 0 aliphatic carbocycles. The van der Waals surface area contributed by atoms with Gasteiger partial charge in [-0.15, -0.1) is 34.2 Å². The van der Waals surface area contributed by atoms with Crippen molar-refractivity contribution >= 4 is 41.5 Å². The van der Waals surface area contributed by atoms with Crippen LogP contribution < -0.4 is 5.32 Å². The van der Waals surface area contributed by atoms with E-state index < -0.39 is 0 Å². The van der Waals surface area contributed by atoms with Gasteiger partial charge in [0.15, 0.2) is 5.96 Å². The predicted molar refractivity (Wildman–Crippen MR) is 127 cm³/mol. The third-order valence-electron chi connectivity index (χ3n) is 4.87. The van der Waals surface area contributed by atoms with Gasteiger partial charge < -0.3 is 19.5 Å². The summed E-state index contributed by atoms with van der Waals surface area (Å²) in [7, 11) is 2.06. The van der Waals surface area contributed by atoms with Gasteiger partial charge in [0.05, 0.1) is 6.61 Å². The fourth-order valence-electron chi connectivity index (χ4n) is 3.22. The summed E-state index contributed by atoms with van der Waals surface area (Å²) in [4.78, 5) is 7.01. The van der Waals surface area contributed by atoms with Crippen LogP contribution in [0.4, 0.5) is 0 Å². The number of aliphatic imine (C=N–C) groups is 1. The van der Waals surface area contributed by atoms with E-state index in [0.29, 0.717) is 5.92 Å². The van der Waals surface area contributed by atoms with Gasteiger partial charge in [0.1, 0.15) is 12.2 Å². The fraction of sp³-hybridized carbons (Fsp3) is 0.550. The largest absolute Gasteiger partial charge is 0.381 e. The number of aromatic nitrogens is 3. The Bertz CT molecular complexity index is 761. The van der Waals surface area contributed by atoms with Gasteiger partial charge in [-0.3, -0.25) is 4.99 Å². The van der Waals surface area contributed by atoms with E-state index in [1.54, 1.807) is 6.33 Å². The van der Waals surface area contributed by atoms with Crippen LogP contribution in [0.1, 0.15) is 24.7 Å². The van der Waals surface area contributed by atoms with E-state index in [0.717, 1.165) is 69.0 Å². The smallest absolute Gasteiger partial charge is 0.194 e. The molecule has 1 atom stereocenters. The fourth-order valence-corrected chi connectivity index (χ4v) is 3.35. The third-order valence-corrected chi connectivity index (χ3v) is 5.12. The lowest BCUT2D eigenvalue weighted by Crippen LogP contribution is -2.40. The third kappa shape index (κ3) is 7.42.